The fourth-order valence-corrected chi connectivity index (χ4v) is 4.62. The number of hydrogen-bond acceptors (Lipinski definition) is 3. The molecular formula is C23H30N4O3. The molecule has 1 atom stereocenters. The van der Waals surface area contributed by atoms with Crippen molar-refractivity contribution in [2.75, 3.05) is 19.6 Å². The third-order valence-electron chi connectivity index (χ3n) is 6.31. The molecule has 7 nitrogen and oxygen atoms in total. The van der Waals surface area contributed by atoms with E-state index in [2.05, 4.69) is 25.9 Å². The number of fused-ring (bicyclic) bond motifs is 1. The molecule has 0 aliphatic carbocycles. The summed E-state index contributed by atoms with van der Waals surface area (Å²) in [5.41, 5.74) is 3.24. The summed E-state index contributed by atoms with van der Waals surface area (Å²) in [6.07, 6.45) is 6.65. The number of likely N-dealkylation sites (tertiary alicyclic amines) is 1. The van der Waals surface area contributed by atoms with Crippen molar-refractivity contribution in [1.29, 1.82) is 0 Å². The van der Waals surface area contributed by atoms with Gasteiger partial charge in [-0.05, 0) is 48.8 Å². The Hall–Kier alpha value is -2.83. The Morgan fingerprint density at radius 2 is 1.87 bits per heavy atom. The van der Waals surface area contributed by atoms with E-state index >= 15 is 0 Å². The second-order valence-corrected chi connectivity index (χ2v) is 9.37. The summed E-state index contributed by atoms with van der Waals surface area (Å²) < 4.78 is 1.83. The molecule has 2 aliphatic heterocycles. The molecule has 1 fully saturated rings. The lowest BCUT2D eigenvalue weighted by Crippen LogP contribution is -2.48. The third kappa shape index (κ3) is 3.68. The van der Waals surface area contributed by atoms with Crippen LogP contribution in [0.3, 0.4) is 0 Å². The van der Waals surface area contributed by atoms with Crippen molar-refractivity contribution in [3.8, 4) is 0 Å². The van der Waals surface area contributed by atoms with Crippen LogP contribution in [0.1, 0.15) is 62.5 Å². The number of aromatic nitrogens is 2. The molecule has 2 aliphatic rings. The zero-order valence-corrected chi connectivity index (χ0v) is 18.0. The van der Waals surface area contributed by atoms with Crippen LogP contribution in [0.2, 0.25) is 0 Å². The monoisotopic (exact) mass is 410 g/mol. The maximum atomic E-state index is 13.0. The quantitative estimate of drug-likeness (QED) is 0.807. The Bertz CT molecular complexity index is 996. The smallest absolute Gasteiger partial charge is 0.407 e. The summed E-state index contributed by atoms with van der Waals surface area (Å²) in [5.74, 6) is 0.0455. The van der Waals surface area contributed by atoms with Crippen molar-refractivity contribution < 1.29 is 14.7 Å². The summed E-state index contributed by atoms with van der Waals surface area (Å²) >= 11 is 0. The third-order valence-corrected chi connectivity index (χ3v) is 6.31. The number of rotatable bonds is 2. The van der Waals surface area contributed by atoms with Gasteiger partial charge in [0.15, 0.2) is 0 Å². The lowest BCUT2D eigenvalue weighted by molar-refractivity contribution is 0.0726. The van der Waals surface area contributed by atoms with Gasteiger partial charge in [-0.2, -0.15) is 5.10 Å². The van der Waals surface area contributed by atoms with E-state index in [1.807, 2.05) is 33.7 Å². The molecule has 0 bridgehead atoms. The van der Waals surface area contributed by atoms with E-state index in [4.69, 9.17) is 0 Å². The van der Waals surface area contributed by atoms with Gasteiger partial charge in [-0.25, -0.2) is 9.31 Å². The van der Waals surface area contributed by atoms with Gasteiger partial charge in [-0.1, -0.05) is 32.9 Å². The molecule has 1 N–H and O–H groups in total. The highest BCUT2D eigenvalue weighted by atomic mass is 16.4. The van der Waals surface area contributed by atoms with Crippen molar-refractivity contribution >= 4 is 23.1 Å². The van der Waals surface area contributed by atoms with Gasteiger partial charge in [-0.3, -0.25) is 4.79 Å². The molecule has 0 spiro atoms. The first-order valence-corrected chi connectivity index (χ1v) is 10.7. The second-order valence-electron chi connectivity index (χ2n) is 9.37. The van der Waals surface area contributed by atoms with Crippen LogP contribution in [0.15, 0.2) is 30.5 Å². The minimum absolute atomic E-state index is 0.0455. The topological polar surface area (TPSA) is 78.2 Å². The highest BCUT2D eigenvalue weighted by Gasteiger charge is 2.36. The van der Waals surface area contributed by atoms with E-state index < -0.39 is 6.09 Å². The molecular weight excluding hydrogens is 380 g/mol. The maximum absolute atomic E-state index is 13.0. The molecule has 7 heteroatoms. The molecule has 1 saturated heterocycles. The number of amides is 2. The summed E-state index contributed by atoms with van der Waals surface area (Å²) in [6, 6.07) is 5.75. The van der Waals surface area contributed by atoms with Gasteiger partial charge < -0.3 is 14.9 Å². The van der Waals surface area contributed by atoms with Gasteiger partial charge >= 0.3 is 6.09 Å². The molecule has 160 valence electrons. The first kappa shape index (κ1) is 20.4. The van der Waals surface area contributed by atoms with Crippen molar-refractivity contribution in [2.45, 2.75) is 52.5 Å². The van der Waals surface area contributed by atoms with Crippen LogP contribution >= 0.6 is 0 Å². The van der Waals surface area contributed by atoms with E-state index in [0.717, 1.165) is 42.7 Å². The van der Waals surface area contributed by atoms with Crippen LogP contribution < -0.4 is 0 Å². The SMILES string of the molecule is CC(C)(C)C1CC(c2cccc3c(C(=O)N4CCCCC4)cnn23)=CCN1C(=O)O. The van der Waals surface area contributed by atoms with Crippen molar-refractivity contribution in [1.82, 2.24) is 19.4 Å². The first-order valence-electron chi connectivity index (χ1n) is 10.7. The van der Waals surface area contributed by atoms with E-state index in [1.54, 1.807) is 6.20 Å². The van der Waals surface area contributed by atoms with Gasteiger partial charge in [0, 0.05) is 25.7 Å². The average molecular weight is 411 g/mol. The Kier molecular flexibility index (Phi) is 5.30. The highest BCUT2D eigenvalue weighted by Crippen LogP contribution is 2.36. The molecule has 2 aromatic heterocycles. The maximum Gasteiger partial charge on any atom is 0.407 e. The van der Waals surface area contributed by atoms with Gasteiger partial charge in [0.25, 0.3) is 5.91 Å². The zero-order valence-electron chi connectivity index (χ0n) is 18.0. The van der Waals surface area contributed by atoms with Crippen molar-refractivity contribution in [3.63, 3.8) is 0 Å². The molecule has 0 radical (unpaired) electrons. The molecule has 2 amide bonds. The molecule has 0 saturated carbocycles. The molecule has 30 heavy (non-hydrogen) atoms. The number of carboxylic acid groups (broad SMARTS) is 1. The minimum atomic E-state index is -0.892. The summed E-state index contributed by atoms with van der Waals surface area (Å²) in [6.45, 7) is 8.17. The van der Waals surface area contributed by atoms with Gasteiger partial charge in [0.05, 0.1) is 23.0 Å². The fourth-order valence-electron chi connectivity index (χ4n) is 4.62. The van der Waals surface area contributed by atoms with E-state index in [1.165, 1.54) is 11.3 Å². The first-order chi connectivity index (χ1) is 14.3. The number of carbonyl (C=O) groups excluding carboxylic acids is 1. The Morgan fingerprint density at radius 1 is 1.13 bits per heavy atom. The van der Waals surface area contributed by atoms with Crippen molar-refractivity contribution in [3.05, 3.63) is 41.7 Å². The lowest BCUT2D eigenvalue weighted by atomic mass is 9.79. The summed E-state index contributed by atoms with van der Waals surface area (Å²) in [4.78, 5) is 28.2. The number of hydrogen-bond donors (Lipinski definition) is 1. The normalized spacial score (nSPS) is 20.4. The highest BCUT2D eigenvalue weighted by molar-refractivity contribution is 6.00. The number of carbonyl (C=O) groups is 2. The number of piperidine rings is 1. The largest absolute Gasteiger partial charge is 0.465 e. The van der Waals surface area contributed by atoms with Crippen LogP contribution in [0.25, 0.3) is 11.1 Å². The van der Waals surface area contributed by atoms with Crippen LogP contribution in [0.5, 0.6) is 0 Å². The molecule has 0 aromatic carbocycles. The van der Waals surface area contributed by atoms with Crippen LogP contribution in [-0.2, 0) is 0 Å². The molecule has 4 rings (SSSR count). The van der Waals surface area contributed by atoms with Crippen LogP contribution in [0.4, 0.5) is 4.79 Å². The molecule has 2 aromatic rings. The summed E-state index contributed by atoms with van der Waals surface area (Å²) in [5, 5.41) is 14.2. The van der Waals surface area contributed by atoms with E-state index in [-0.39, 0.29) is 17.4 Å². The Balaban J connectivity index is 1.69. The summed E-state index contributed by atoms with van der Waals surface area (Å²) in [7, 11) is 0. The number of pyridine rings is 1. The second kappa shape index (κ2) is 7.78. The van der Waals surface area contributed by atoms with Gasteiger partial charge in [-0.15, -0.1) is 0 Å². The number of nitrogens with zero attached hydrogens (tertiary/aromatic N) is 4. The van der Waals surface area contributed by atoms with Crippen molar-refractivity contribution in [2.24, 2.45) is 5.41 Å². The van der Waals surface area contributed by atoms with Crippen LogP contribution in [0, 0.1) is 5.41 Å². The van der Waals surface area contributed by atoms with E-state index in [9.17, 15) is 14.7 Å². The Morgan fingerprint density at radius 3 is 2.53 bits per heavy atom. The molecule has 4 heterocycles. The predicted molar refractivity (Wildman–Crippen MR) is 116 cm³/mol. The zero-order chi connectivity index (χ0) is 21.5. The predicted octanol–water partition coefficient (Wildman–Crippen LogP) is 4.14. The Labute approximate surface area is 177 Å². The van der Waals surface area contributed by atoms with Gasteiger partial charge in [0.1, 0.15) is 0 Å². The average Bonchev–Trinajstić information content (AvgIpc) is 3.17. The van der Waals surface area contributed by atoms with E-state index in [0.29, 0.717) is 18.5 Å². The van der Waals surface area contributed by atoms with Crippen LogP contribution in [-0.4, -0.2) is 62.2 Å². The molecule has 1 unspecified atom stereocenters. The fraction of sp³-hybridized carbons (Fsp3) is 0.522. The van der Waals surface area contributed by atoms with Gasteiger partial charge in [0.2, 0.25) is 0 Å². The lowest BCUT2D eigenvalue weighted by Gasteiger charge is -2.41. The minimum Gasteiger partial charge on any atom is -0.465 e. The standard InChI is InChI=1S/C23H30N4O3/c1-23(2,3)20-14-16(10-13-26(20)22(29)30)18-8-7-9-19-17(15-24-27(18)19)21(28)25-11-5-4-6-12-25/h7-10,15,20H,4-6,11-14H2,1-3H3,(H,29,30).